The van der Waals surface area contributed by atoms with Crippen molar-refractivity contribution in [2.24, 2.45) is 0 Å². The lowest BCUT2D eigenvalue weighted by molar-refractivity contribution is 0.600. The molecule has 0 amide bonds. The maximum atomic E-state index is 11.6. The predicted octanol–water partition coefficient (Wildman–Crippen LogP) is -0.0394. The highest BCUT2D eigenvalue weighted by molar-refractivity contribution is 7.91. The molecule has 2 aliphatic rings. The second-order valence-electron chi connectivity index (χ2n) is 4.40. The fourth-order valence-electron chi connectivity index (χ4n) is 2.31. The molecule has 9 heteroatoms. The molecule has 0 unspecified atom stereocenters. The van der Waals surface area contributed by atoms with Crippen LogP contribution in [-0.2, 0) is 16.3 Å². The highest BCUT2D eigenvalue weighted by Gasteiger charge is 2.48. The van der Waals surface area contributed by atoms with Crippen molar-refractivity contribution in [3.63, 3.8) is 0 Å². The Morgan fingerprint density at radius 1 is 1.50 bits per heavy atom. The molecule has 3 rings (SSSR count). The van der Waals surface area contributed by atoms with Crippen molar-refractivity contribution in [2.45, 2.75) is 25.4 Å². The Morgan fingerprint density at radius 2 is 2.28 bits per heavy atom. The molecule has 1 aromatic heterocycles. The molecule has 0 radical (unpaired) electrons. The quantitative estimate of drug-likeness (QED) is 0.768. The number of nitrogens with one attached hydrogen (secondary N) is 1. The standard InChI is InChI=1S/C9H12N4O2S3/c1-2-7-11-12-9(17-7)13-6-4-18(14,15)3-5(6)10-8(13)16/h5-6H,2-4H2,1H3,(H,10,16)/t5-,6+/m1/s1. The second kappa shape index (κ2) is 4.10. The molecule has 0 aromatic carbocycles. The summed E-state index contributed by atoms with van der Waals surface area (Å²) in [5.41, 5.74) is 0. The highest BCUT2D eigenvalue weighted by Crippen LogP contribution is 2.31. The molecule has 0 spiro atoms. The van der Waals surface area contributed by atoms with Crippen LogP contribution in [0.5, 0.6) is 0 Å². The Balaban J connectivity index is 1.94. The van der Waals surface area contributed by atoms with Gasteiger partial charge in [-0.1, -0.05) is 18.3 Å². The fraction of sp³-hybridized carbons (Fsp3) is 0.667. The van der Waals surface area contributed by atoms with Gasteiger partial charge in [0.15, 0.2) is 14.9 Å². The largest absolute Gasteiger partial charge is 0.356 e. The zero-order chi connectivity index (χ0) is 12.9. The average molecular weight is 304 g/mol. The Morgan fingerprint density at radius 3 is 2.94 bits per heavy atom. The van der Waals surface area contributed by atoms with Gasteiger partial charge in [-0.3, -0.25) is 4.90 Å². The van der Waals surface area contributed by atoms with Crippen molar-refractivity contribution in [1.82, 2.24) is 15.5 Å². The zero-order valence-corrected chi connectivity index (χ0v) is 12.1. The molecule has 0 bridgehead atoms. The maximum absolute atomic E-state index is 11.6. The summed E-state index contributed by atoms with van der Waals surface area (Å²) in [4.78, 5) is 1.81. The van der Waals surface area contributed by atoms with E-state index in [9.17, 15) is 8.42 Å². The monoisotopic (exact) mass is 304 g/mol. The van der Waals surface area contributed by atoms with Crippen LogP contribution < -0.4 is 10.2 Å². The van der Waals surface area contributed by atoms with E-state index < -0.39 is 9.84 Å². The normalized spacial score (nSPS) is 29.4. The van der Waals surface area contributed by atoms with Gasteiger partial charge in [0.2, 0.25) is 5.13 Å². The molecule has 2 saturated heterocycles. The third-order valence-corrected chi connectivity index (χ3v) is 6.24. The van der Waals surface area contributed by atoms with Crippen LogP contribution in [0, 0.1) is 0 Å². The molecule has 98 valence electrons. The van der Waals surface area contributed by atoms with Crippen molar-refractivity contribution in [2.75, 3.05) is 16.4 Å². The summed E-state index contributed by atoms with van der Waals surface area (Å²) in [6, 6.07) is -0.253. The van der Waals surface area contributed by atoms with Crippen LogP contribution in [0.2, 0.25) is 0 Å². The Bertz CT molecular complexity index is 597. The van der Waals surface area contributed by atoms with Crippen LogP contribution in [0.4, 0.5) is 5.13 Å². The van der Waals surface area contributed by atoms with Crippen LogP contribution in [0.15, 0.2) is 0 Å². The summed E-state index contributed by atoms with van der Waals surface area (Å²) in [5.74, 6) is 0.277. The number of rotatable bonds is 2. The summed E-state index contributed by atoms with van der Waals surface area (Å²) in [5, 5.41) is 13.4. The van der Waals surface area contributed by atoms with Gasteiger partial charge in [-0.2, -0.15) is 0 Å². The van der Waals surface area contributed by atoms with E-state index in [0.29, 0.717) is 10.2 Å². The number of anilines is 1. The van der Waals surface area contributed by atoms with Gasteiger partial charge in [-0.05, 0) is 18.6 Å². The van der Waals surface area contributed by atoms with Crippen molar-refractivity contribution >= 4 is 43.6 Å². The number of thiocarbonyl (C=S) groups is 1. The van der Waals surface area contributed by atoms with E-state index in [4.69, 9.17) is 12.2 Å². The summed E-state index contributed by atoms with van der Waals surface area (Å²) in [6.07, 6.45) is 0.818. The van der Waals surface area contributed by atoms with Gasteiger partial charge in [0.05, 0.1) is 23.6 Å². The van der Waals surface area contributed by atoms with Gasteiger partial charge < -0.3 is 5.32 Å². The molecule has 18 heavy (non-hydrogen) atoms. The van der Waals surface area contributed by atoms with E-state index in [0.717, 1.165) is 11.4 Å². The van der Waals surface area contributed by atoms with Crippen LogP contribution >= 0.6 is 23.6 Å². The molecule has 2 aliphatic heterocycles. The van der Waals surface area contributed by atoms with E-state index in [1.165, 1.54) is 11.3 Å². The molecule has 1 aromatic rings. The van der Waals surface area contributed by atoms with E-state index in [1.54, 1.807) is 4.90 Å². The minimum atomic E-state index is -2.98. The first-order valence-corrected chi connectivity index (χ1v) is 8.67. The van der Waals surface area contributed by atoms with E-state index >= 15 is 0 Å². The summed E-state index contributed by atoms with van der Waals surface area (Å²) < 4.78 is 23.3. The molecule has 1 N–H and O–H groups in total. The molecule has 2 fully saturated rings. The van der Waals surface area contributed by atoms with Crippen LogP contribution in [0.3, 0.4) is 0 Å². The fourth-order valence-corrected chi connectivity index (χ4v) is 5.48. The van der Waals surface area contributed by atoms with Gasteiger partial charge >= 0.3 is 0 Å². The van der Waals surface area contributed by atoms with E-state index in [-0.39, 0.29) is 23.6 Å². The number of sulfone groups is 1. The predicted molar refractivity (Wildman–Crippen MR) is 73.7 cm³/mol. The van der Waals surface area contributed by atoms with E-state index in [1.807, 2.05) is 6.92 Å². The lowest BCUT2D eigenvalue weighted by Gasteiger charge is -2.18. The third-order valence-electron chi connectivity index (χ3n) is 3.15. The Hall–Kier alpha value is -0.800. The molecule has 0 aliphatic carbocycles. The molecular formula is C9H12N4O2S3. The number of hydrogen-bond acceptors (Lipinski definition) is 6. The number of hydrogen-bond donors (Lipinski definition) is 1. The molecule has 0 saturated carbocycles. The van der Waals surface area contributed by atoms with Crippen LogP contribution in [0.1, 0.15) is 11.9 Å². The first-order chi connectivity index (χ1) is 8.50. The third kappa shape index (κ3) is 1.90. The SMILES string of the molecule is CCc1nnc(N2C(=S)N[C@@H]3CS(=O)(=O)C[C@@H]32)s1. The van der Waals surface area contributed by atoms with Crippen LogP contribution in [-0.4, -0.2) is 47.3 Å². The van der Waals surface area contributed by atoms with Crippen molar-refractivity contribution < 1.29 is 8.42 Å². The maximum Gasteiger partial charge on any atom is 0.214 e. The lowest BCUT2D eigenvalue weighted by Crippen LogP contribution is -2.36. The first-order valence-electron chi connectivity index (χ1n) is 5.62. The van der Waals surface area contributed by atoms with Crippen molar-refractivity contribution in [1.29, 1.82) is 0 Å². The van der Waals surface area contributed by atoms with Gasteiger partial charge in [0.25, 0.3) is 0 Å². The average Bonchev–Trinajstić information content (AvgIpc) is 2.90. The topological polar surface area (TPSA) is 75.2 Å². The molecule has 3 heterocycles. The number of fused-ring (bicyclic) bond motifs is 1. The minimum absolute atomic E-state index is 0.114. The number of aromatic nitrogens is 2. The summed E-state index contributed by atoms with van der Waals surface area (Å²) in [6.45, 7) is 2.01. The lowest BCUT2D eigenvalue weighted by atomic mass is 10.2. The molecule has 2 atom stereocenters. The smallest absolute Gasteiger partial charge is 0.214 e. The van der Waals surface area contributed by atoms with Gasteiger partial charge in [0.1, 0.15) is 5.01 Å². The minimum Gasteiger partial charge on any atom is -0.356 e. The summed E-state index contributed by atoms with van der Waals surface area (Å²) >= 11 is 6.72. The number of nitrogens with zero attached hydrogens (tertiary/aromatic N) is 3. The van der Waals surface area contributed by atoms with Crippen molar-refractivity contribution in [3.8, 4) is 0 Å². The van der Waals surface area contributed by atoms with Gasteiger partial charge in [0, 0.05) is 0 Å². The van der Waals surface area contributed by atoms with Gasteiger partial charge in [-0.15, -0.1) is 10.2 Å². The van der Waals surface area contributed by atoms with E-state index in [2.05, 4.69) is 15.5 Å². The van der Waals surface area contributed by atoms with Gasteiger partial charge in [-0.25, -0.2) is 8.42 Å². The zero-order valence-electron chi connectivity index (χ0n) is 9.66. The Kier molecular flexibility index (Phi) is 2.79. The molecule has 6 nitrogen and oxygen atoms in total. The van der Waals surface area contributed by atoms with Crippen molar-refractivity contribution in [3.05, 3.63) is 5.01 Å². The highest BCUT2D eigenvalue weighted by atomic mass is 32.2. The Labute approximate surface area is 114 Å². The molecular weight excluding hydrogens is 292 g/mol. The second-order valence-corrected chi connectivity index (χ2v) is 7.98. The first kappa shape index (κ1) is 12.2. The number of aryl methyl sites for hydroxylation is 1. The van der Waals surface area contributed by atoms with Crippen LogP contribution in [0.25, 0.3) is 0 Å². The summed E-state index contributed by atoms with van der Waals surface area (Å²) in [7, 11) is -2.98.